The molecule has 1 aromatic carbocycles. The molecule has 5 rings (SSSR count). The van der Waals surface area contributed by atoms with Gasteiger partial charge >= 0.3 is 0 Å². The maximum Gasteiger partial charge on any atom is 0.190 e. The van der Waals surface area contributed by atoms with Gasteiger partial charge in [0.2, 0.25) is 0 Å². The van der Waals surface area contributed by atoms with E-state index >= 15 is 0 Å². The Morgan fingerprint density at radius 3 is 2.61 bits per heavy atom. The molecule has 3 N–H and O–H groups in total. The zero-order chi connectivity index (χ0) is 22.0. The summed E-state index contributed by atoms with van der Waals surface area (Å²) in [5.74, 6) is -0.257. The topological polar surface area (TPSA) is 77.8 Å². The van der Waals surface area contributed by atoms with Crippen molar-refractivity contribution in [3.63, 3.8) is 0 Å². The van der Waals surface area contributed by atoms with Crippen LogP contribution < -0.4 is 0 Å². The minimum Gasteiger partial charge on any atom is -0.389 e. The minimum absolute atomic E-state index is 0.0204. The van der Waals surface area contributed by atoms with E-state index in [0.717, 1.165) is 37.7 Å². The van der Waals surface area contributed by atoms with Gasteiger partial charge in [0, 0.05) is 16.7 Å². The number of Topliss-reactive ketones (excluding diaryl/α,β-unsaturated/α-hetero) is 1. The molecule has 0 aromatic heterocycles. The van der Waals surface area contributed by atoms with Crippen molar-refractivity contribution < 1.29 is 20.1 Å². The van der Waals surface area contributed by atoms with Crippen LogP contribution in [0.25, 0.3) is 0 Å². The summed E-state index contributed by atoms with van der Waals surface area (Å²) >= 11 is 0. The van der Waals surface area contributed by atoms with Gasteiger partial charge in [0.15, 0.2) is 5.78 Å². The summed E-state index contributed by atoms with van der Waals surface area (Å²) < 4.78 is 0. The molecule has 0 spiro atoms. The fourth-order valence-corrected chi connectivity index (χ4v) is 7.75. The van der Waals surface area contributed by atoms with Gasteiger partial charge in [-0.25, -0.2) is 0 Å². The summed E-state index contributed by atoms with van der Waals surface area (Å²) in [5.41, 5.74) is 1.59. The highest BCUT2D eigenvalue weighted by molar-refractivity contribution is 5.91. The first-order valence-corrected chi connectivity index (χ1v) is 11.8. The van der Waals surface area contributed by atoms with Crippen molar-refractivity contribution in [1.29, 1.82) is 0 Å². The van der Waals surface area contributed by atoms with Crippen molar-refractivity contribution in [2.24, 2.45) is 22.7 Å². The average molecular weight is 423 g/mol. The molecule has 4 nitrogen and oxygen atoms in total. The summed E-state index contributed by atoms with van der Waals surface area (Å²) in [6, 6.07) is 9.87. The predicted molar refractivity (Wildman–Crippen MR) is 119 cm³/mol. The molecule has 4 aliphatic rings. The van der Waals surface area contributed by atoms with Crippen LogP contribution in [0, 0.1) is 22.7 Å². The van der Waals surface area contributed by atoms with Gasteiger partial charge in [-0.3, -0.25) is 4.79 Å². The quantitative estimate of drug-likeness (QED) is 0.646. The fraction of sp³-hybridized carbons (Fsp3) is 0.593. The lowest BCUT2D eigenvalue weighted by atomic mass is 9.50. The van der Waals surface area contributed by atoms with E-state index in [9.17, 15) is 20.1 Å². The van der Waals surface area contributed by atoms with Crippen molar-refractivity contribution in [2.45, 2.75) is 70.0 Å². The Bertz CT molecular complexity index is 949. The number of benzene rings is 1. The molecule has 3 unspecified atom stereocenters. The van der Waals surface area contributed by atoms with Gasteiger partial charge in [-0.05, 0) is 55.9 Å². The van der Waals surface area contributed by atoms with Crippen LogP contribution >= 0.6 is 0 Å². The fourth-order valence-electron chi connectivity index (χ4n) is 7.75. The summed E-state index contributed by atoms with van der Waals surface area (Å²) in [5, 5.41) is 32.1. The third kappa shape index (κ3) is 2.74. The van der Waals surface area contributed by atoms with Gasteiger partial charge in [0.05, 0.1) is 6.10 Å². The van der Waals surface area contributed by atoms with Crippen LogP contribution in [0.15, 0.2) is 53.6 Å². The predicted octanol–water partition coefficient (Wildman–Crippen LogP) is 3.92. The molecule has 0 bridgehead atoms. The Balaban J connectivity index is 1.61. The largest absolute Gasteiger partial charge is 0.389 e. The third-order valence-electron chi connectivity index (χ3n) is 9.49. The maximum atomic E-state index is 13.1. The lowest BCUT2D eigenvalue weighted by Crippen LogP contribution is -2.57. The van der Waals surface area contributed by atoms with E-state index in [0.29, 0.717) is 12.3 Å². The van der Waals surface area contributed by atoms with Crippen LogP contribution in [0.3, 0.4) is 0 Å². The van der Waals surface area contributed by atoms with Crippen LogP contribution in [0.5, 0.6) is 0 Å². The molecule has 166 valence electrons. The van der Waals surface area contributed by atoms with Gasteiger partial charge < -0.3 is 15.3 Å². The molecule has 7 atom stereocenters. The normalized spacial score (nSPS) is 43.9. The van der Waals surface area contributed by atoms with Crippen LogP contribution in [-0.4, -0.2) is 39.4 Å². The van der Waals surface area contributed by atoms with Crippen molar-refractivity contribution in [3.05, 3.63) is 59.2 Å². The van der Waals surface area contributed by atoms with Crippen LogP contribution in [0.4, 0.5) is 0 Å². The van der Waals surface area contributed by atoms with Crippen LogP contribution in [0.1, 0.15) is 63.9 Å². The number of hydrogen-bond donors (Lipinski definition) is 3. The van der Waals surface area contributed by atoms with E-state index in [1.165, 1.54) is 11.1 Å². The van der Waals surface area contributed by atoms with Gasteiger partial charge in [0.1, 0.15) is 12.2 Å². The SMILES string of the molecule is C[C@]12CCC(O)C=C1CCC1C2=CC[C@@]2(C)C1C[C@H](c1ccccc1)[C@]2(O)C(=O)CO. The summed E-state index contributed by atoms with van der Waals surface area (Å²) in [4.78, 5) is 13.1. The lowest BCUT2D eigenvalue weighted by molar-refractivity contribution is -0.158. The molecular weight excluding hydrogens is 388 g/mol. The molecule has 4 heteroatoms. The number of fused-ring (bicyclic) bond motifs is 5. The van der Waals surface area contributed by atoms with Gasteiger partial charge in [-0.15, -0.1) is 0 Å². The number of carbonyl (C=O) groups excluding carboxylic acids is 1. The molecule has 31 heavy (non-hydrogen) atoms. The second-order valence-electron chi connectivity index (χ2n) is 10.7. The van der Waals surface area contributed by atoms with E-state index in [-0.39, 0.29) is 23.4 Å². The number of hydrogen-bond acceptors (Lipinski definition) is 4. The third-order valence-corrected chi connectivity index (χ3v) is 9.49. The monoisotopic (exact) mass is 422 g/mol. The Hall–Kier alpha value is -1.75. The number of aliphatic hydroxyl groups is 3. The maximum absolute atomic E-state index is 13.1. The average Bonchev–Trinajstić information content (AvgIpc) is 3.02. The Morgan fingerprint density at radius 2 is 1.90 bits per heavy atom. The second-order valence-corrected chi connectivity index (χ2v) is 10.7. The van der Waals surface area contributed by atoms with E-state index in [1.807, 2.05) is 30.3 Å². The number of rotatable bonds is 3. The molecule has 0 radical (unpaired) electrons. The Kier molecular flexibility index (Phi) is 4.85. The Labute approximate surface area is 184 Å². The summed E-state index contributed by atoms with van der Waals surface area (Å²) in [7, 11) is 0. The zero-order valence-corrected chi connectivity index (χ0v) is 18.6. The highest BCUT2D eigenvalue weighted by atomic mass is 16.3. The minimum atomic E-state index is -1.57. The standard InChI is InChI=1S/C27H34O4/c1-25-12-10-19(29)14-18(25)8-9-20-21(25)11-13-26(2)23(20)15-22(17-6-4-3-5-7-17)27(26,31)24(30)16-28/h3-7,11,14,19-20,22-23,28-29,31H,8-10,12-13,15-16H2,1-2H3/t19?,20?,22-,23?,25+,26+,27+/m1/s1. The van der Waals surface area contributed by atoms with Crippen molar-refractivity contribution in [1.82, 2.24) is 0 Å². The molecule has 2 saturated carbocycles. The summed E-state index contributed by atoms with van der Waals surface area (Å²) in [6.07, 6.45) is 9.11. The van der Waals surface area contributed by atoms with Gasteiger partial charge in [-0.1, -0.05) is 67.5 Å². The molecule has 4 aliphatic carbocycles. The van der Waals surface area contributed by atoms with E-state index in [4.69, 9.17) is 0 Å². The van der Waals surface area contributed by atoms with Gasteiger partial charge in [0.25, 0.3) is 0 Å². The lowest BCUT2D eigenvalue weighted by Gasteiger charge is -2.55. The number of ketones is 1. The molecule has 0 heterocycles. The van der Waals surface area contributed by atoms with Gasteiger partial charge in [-0.2, -0.15) is 0 Å². The highest BCUT2D eigenvalue weighted by Crippen LogP contribution is 2.68. The highest BCUT2D eigenvalue weighted by Gasteiger charge is 2.68. The molecule has 0 amide bonds. The number of aliphatic hydroxyl groups excluding tert-OH is 2. The number of carbonyl (C=O) groups is 1. The molecule has 0 saturated heterocycles. The van der Waals surface area contributed by atoms with Crippen molar-refractivity contribution in [2.75, 3.05) is 6.61 Å². The van der Waals surface area contributed by atoms with E-state index in [1.54, 1.807) is 0 Å². The Morgan fingerprint density at radius 1 is 1.16 bits per heavy atom. The first kappa shape index (κ1) is 21.1. The number of allylic oxidation sites excluding steroid dienone is 3. The van der Waals surface area contributed by atoms with Crippen molar-refractivity contribution >= 4 is 5.78 Å². The summed E-state index contributed by atoms with van der Waals surface area (Å²) in [6.45, 7) is 3.76. The molecule has 0 aliphatic heterocycles. The van der Waals surface area contributed by atoms with E-state index < -0.39 is 23.4 Å². The van der Waals surface area contributed by atoms with Crippen LogP contribution in [-0.2, 0) is 4.79 Å². The first-order chi connectivity index (χ1) is 14.8. The smallest absolute Gasteiger partial charge is 0.190 e. The first-order valence-electron chi connectivity index (χ1n) is 11.8. The zero-order valence-electron chi connectivity index (χ0n) is 18.6. The van der Waals surface area contributed by atoms with Crippen LogP contribution in [0.2, 0.25) is 0 Å². The van der Waals surface area contributed by atoms with Crippen molar-refractivity contribution in [3.8, 4) is 0 Å². The molecular formula is C27H34O4. The molecule has 1 aromatic rings. The molecule has 2 fully saturated rings. The van der Waals surface area contributed by atoms with E-state index in [2.05, 4.69) is 26.0 Å². The second kappa shape index (κ2) is 7.13.